The third-order valence-electron chi connectivity index (χ3n) is 2.86. The molecule has 0 saturated carbocycles. The predicted molar refractivity (Wildman–Crippen MR) is 68.5 cm³/mol. The number of aromatic hydroxyl groups is 1. The van der Waals surface area contributed by atoms with Crippen LogP contribution in [0.1, 0.15) is 20.7 Å². The first-order valence-corrected chi connectivity index (χ1v) is 5.78. The fraction of sp³-hybridized carbons (Fsp3) is 0. The smallest absolute Gasteiger partial charge is 0.267 e. The lowest BCUT2D eigenvalue weighted by Crippen LogP contribution is -2.29. The molecule has 1 aromatic carbocycles. The quantitative estimate of drug-likeness (QED) is 0.810. The number of imide groups is 1. The molecular weight excluding hydrogens is 268 g/mol. The Hall–Kier alpha value is -2.40. The van der Waals surface area contributed by atoms with E-state index in [-0.39, 0.29) is 22.0 Å². The van der Waals surface area contributed by atoms with Crippen molar-refractivity contribution < 1.29 is 14.7 Å². The Morgan fingerprint density at radius 3 is 2.53 bits per heavy atom. The van der Waals surface area contributed by atoms with E-state index in [0.29, 0.717) is 5.56 Å². The molecule has 0 atom stereocenters. The van der Waals surface area contributed by atoms with Gasteiger partial charge in [0.15, 0.2) is 0 Å². The van der Waals surface area contributed by atoms with Gasteiger partial charge in [0.2, 0.25) is 0 Å². The van der Waals surface area contributed by atoms with Gasteiger partial charge >= 0.3 is 0 Å². The highest BCUT2D eigenvalue weighted by atomic mass is 35.5. The number of phenolic OH excluding ortho intramolecular Hbond substituents is 1. The summed E-state index contributed by atoms with van der Waals surface area (Å²) in [5.41, 5.74) is 0.784. The summed E-state index contributed by atoms with van der Waals surface area (Å²) in [5.74, 6) is -0.956. The van der Waals surface area contributed by atoms with Crippen molar-refractivity contribution in [3.63, 3.8) is 0 Å². The minimum absolute atomic E-state index is 0.0352. The van der Waals surface area contributed by atoms with Gasteiger partial charge in [0, 0.05) is 18.5 Å². The number of aromatic nitrogens is 1. The number of benzene rings is 1. The molecule has 2 aromatic rings. The van der Waals surface area contributed by atoms with E-state index < -0.39 is 11.8 Å². The summed E-state index contributed by atoms with van der Waals surface area (Å²) in [6.07, 6.45) is 2.80. The van der Waals surface area contributed by atoms with Gasteiger partial charge in [-0.3, -0.25) is 14.6 Å². The summed E-state index contributed by atoms with van der Waals surface area (Å²) in [7, 11) is 0. The topological polar surface area (TPSA) is 70.5 Å². The molecule has 0 fully saturated rings. The molecule has 0 bridgehead atoms. The largest absolute Gasteiger partial charge is 0.508 e. The number of carbonyl (C=O) groups excluding carboxylic acids is 2. The zero-order valence-electron chi connectivity index (χ0n) is 9.50. The van der Waals surface area contributed by atoms with Crippen molar-refractivity contribution in [2.24, 2.45) is 0 Å². The van der Waals surface area contributed by atoms with Crippen LogP contribution in [0.4, 0.5) is 5.69 Å². The summed E-state index contributed by atoms with van der Waals surface area (Å²) in [6, 6.07) is 5.55. The molecule has 2 heterocycles. The van der Waals surface area contributed by atoms with Gasteiger partial charge in [-0.25, -0.2) is 4.90 Å². The highest BCUT2D eigenvalue weighted by Crippen LogP contribution is 2.34. The van der Waals surface area contributed by atoms with Gasteiger partial charge < -0.3 is 5.11 Å². The lowest BCUT2D eigenvalue weighted by molar-refractivity contribution is 0.0926. The second-order valence-electron chi connectivity index (χ2n) is 4.00. The fourth-order valence-electron chi connectivity index (χ4n) is 1.98. The molecule has 1 N–H and O–H groups in total. The highest BCUT2D eigenvalue weighted by Gasteiger charge is 2.37. The van der Waals surface area contributed by atoms with Crippen LogP contribution in [0, 0.1) is 0 Å². The predicted octanol–water partition coefficient (Wildman–Crippen LogP) is 2.24. The van der Waals surface area contributed by atoms with Gasteiger partial charge in [0.25, 0.3) is 11.8 Å². The summed E-state index contributed by atoms with van der Waals surface area (Å²) < 4.78 is 0. The Kier molecular flexibility index (Phi) is 2.50. The minimum Gasteiger partial charge on any atom is -0.508 e. The molecule has 0 saturated heterocycles. The molecule has 19 heavy (non-hydrogen) atoms. The van der Waals surface area contributed by atoms with Gasteiger partial charge in [-0.1, -0.05) is 11.6 Å². The molecule has 0 spiro atoms. The van der Waals surface area contributed by atoms with Crippen LogP contribution in [0.15, 0.2) is 36.7 Å². The normalized spacial score (nSPS) is 13.8. The second kappa shape index (κ2) is 4.07. The number of anilines is 1. The minimum atomic E-state index is -0.472. The van der Waals surface area contributed by atoms with Gasteiger partial charge in [0.05, 0.1) is 21.8 Å². The maximum absolute atomic E-state index is 12.2. The zero-order valence-corrected chi connectivity index (χ0v) is 10.3. The number of pyridine rings is 1. The Morgan fingerprint density at radius 1 is 1.11 bits per heavy atom. The molecular formula is C13H7ClN2O3. The number of amides is 2. The van der Waals surface area contributed by atoms with Crippen molar-refractivity contribution in [3.8, 4) is 5.75 Å². The van der Waals surface area contributed by atoms with Gasteiger partial charge in [0.1, 0.15) is 5.75 Å². The number of nitrogens with zero attached hydrogens (tertiary/aromatic N) is 2. The number of phenols is 1. The summed E-state index contributed by atoms with van der Waals surface area (Å²) in [4.78, 5) is 29.2. The monoisotopic (exact) mass is 274 g/mol. The maximum atomic E-state index is 12.2. The lowest BCUT2D eigenvalue weighted by atomic mass is 10.2. The Labute approximate surface area is 113 Å². The van der Waals surface area contributed by atoms with Crippen molar-refractivity contribution in [2.75, 3.05) is 4.90 Å². The van der Waals surface area contributed by atoms with Gasteiger partial charge in [-0.2, -0.15) is 0 Å². The molecule has 6 heteroatoms. The number of fused-ring (bicyclic) bond motifs is 1. The lowest BCUT2D eigenvalue weighted by Gasteiger charge is -2.15. The van der Waals surface area contributed by atoms with Crippen LogP contribution in [0.3, 0.4) is 0 Å². The SMILES string of the molecule is O=C1c2ccncc2C(=O)N1c1ccc(O)cc1Cl. The number of rotatable bonds is 1. The summed E-state index contributed by atoms with van der Waals surface area (Å²) in [5, 5.41) is 9.43. The van der Waals surface area contributed by atoms with E-state index in [2.05, 4.69) is 4.98 Å². The molecule has 0 aliphatic carbocycles. The number of halogens is 1. The zero-order chi connectivity index (χ0) is 13.6. The molecule has 1 aliphatic rings. The second-order valence-corrected chi connectivity index (χ2v) is 4.41. The van der Waals surface area contributed by atoms with E-state index in [1.807, 2.05) is 0 Å². The highest BCUT2D eigenvalue weighted by molar-refractivity contribution is 6.39. The van der Waals surface area contributed by atoms with Crippen molar-refractivity contribution in [1.29, 1.82) is 0 Å². The van der Waals surface area contributed by atoms with Crippen LogP contribution < -0.4 is 4.90 Å². The van der Waals surface area contributed by atoms with E-state index in [4.69, 9.17) is 11.6 Å². The van der Waals surface area contributed by atoms with Crippen molar-refractivity contribution in [3.05, 3.63) is 52.8 Å². The standard InChI is InChI=1S/C13H7ClN2O3/c14-10-5-7(17)1-2-11(10)16-12(18)8-3-4-15-6-9(8)13(16)19/h1-6,17H. The summed E-state index contributed by atoms with van der Waals surface area (Å²) in [6.45, 7) is 0. The maximum Gasteiger partial charge on any atom is 0.267 e. The van der Waals surface area contributed by atoms with Crippen molar-refractivity contribution in [1.82, 2.24) is 4.98 Å². The third kappa shape index (κ3) is 1.67. The fourth-order valence-corrected chi connectivity index (χ4v) is 2.24. The van der Waals surface area contributed by atoms with Crippen LogP contribution in [0.25, 0.3) is 0 Å². The Balaban J connectivity index is 2.14. The molecule has 1 aliphatic heterocycles. The first-order chi connectivity index (χ1) is 9.09. The number of hydrogen-bond acceptors (Lipinski definition) is 4. The van der Waals surface area contributed by atoms with Crippen LogP contribution >= 0.6 is 11.6 Å². The average molecular weight is 275 g/mol. The molecule has 3 rings (SSSR count). The van der Waals surface area contributed by atoms with Crippen molar-refractivity contribution in [2.45, 2.75) is 0 Å². The van der Waals surface area contributed by atoms with E-state index in [1.165, 1.54) is 36.7 Å². The van der Waals surface area contributed by atoms with Gasteiger partial charge in [-0.05, 0) is 18.2 Å². The molecule has 1 aromatic heterocycles. The van der Waals surface area contributed by atoms with E-state index >= 15 is 0 Å². The first-order valence-electron chi connectivity index (χ1n) is 5.41. The Bertz CT molecular complexity index is 680. The average Bonchev–Trinajstić information content (AvgIpc) is 2.64. The van der Waals surface area contributed by atoms with Crippen LogP contribution in [0.2, 0.25) is 5.02 Å². The Morgan fingerprint density at radius 2 is 1.84 bits per heavy atom. The van der Waals surface area contributed by atoms with Gasteiger partial charge in [-0.15, -0.1) is 0 Å². The molecule has 2 amide bonds. The molecule has 94 valence electrons. The van der Waals surface area contributed by atoms with Crippen molar-refractivity contribution >= 4 is 29.1 Å². The van der Waals surface area contributed by atoms with E-state index in [0.717, 1.165) is 4.90 Å². The number of hydrogen-bond donors (Lipinski definition) is 1. The molecule has 0 radical (unpaired) electrons. The number of carbonyl (C=O) groups is 2. The van der Waals surface area contributed by atoms with E-state index in [9.17, 15) is 14.7 Å². The van der Waals surface area contributed by atoms with Crippen LogP contribution in [-0.4, -0.2) is 21.9 Å². The van der Waals surface area contributed by atoms with Crippen LogP contribution in [-0.2, 0) is 0 Å². The van der Waals surface area contributed by atoms with E-state index in [1.54, 1.807) is 0 Å². The third-order valence-corrected chi connectivity index (χ3v) is 3.16. The molecule has 0 unspecified atom stereocenters. The summed E-state index contributed by atoms with van der Waals surface area (Å²) >= 11 is 5.96. The van der Waals surface area contributed by atoms with Crippen LogP contribution in [0.5, 0.6) is 5.75 Å². The molecule has 5 nitrogen and oxygen atoms in total. The first kappa shape index (κ1) is 11.7.